The summed E-state index contributed by atoms with van der Waals surface area (Å²) in [6, 6.07) is 0. The smallest absolute Gasteiger partial charge is 0.462 e. The van der Waals surface area contributed by atoms with Crippen LogP contribution in [0.1, 0.15) is 213 Å². The summed E-state index contributed by atoms with van der Waals surface area (Å²) in [5, 5.41) is 9.80. The molecule has 0 amide bonds. The second kappa shape index (κ2) is 55.1. The van der Waals surface area contributed by atoms with Crippen molar-refractivity contribution >= 4 is 25.7 Å². The highest BCUT2D eigenvalue weighted by Gasteiger charge is 2.28. The molecule has 2 N–H and O–H groups in total. The maximum Gasteiger partial charge on any atom is 0.472 e. The Hall–Kier alpha value is -4.12. The summed E-state index contributed by atoms with van der Waals surface area (Å²) < 4.78 is 39.4. The Bertz CT molecular complexity index is 1700. The van der Waals surface area contributed by atoms with E-state index >= 15 is 0 Å². The van der Waals surface area contributed by atoms with Crippen molar-refractivity contribution in [2.75, 3.05) is 26.4 Å². The fraction of sp³-hybridized carbons (Fsp3) is 0.629. The molecular weight excluding hydrogens is 952 g/mol. The highest BCUT2D eigenvalue weighted by atomic mass is 31.2. The van der Waals surface area contributed by atoms with E-state index in [1.165, 1.54) is 25.7 Å². The highest BCUT2D eigenvalue weighted by molar-refractivity contribution is 7.47. The molecule has 3 atom stereocenters. The lowest BCUT2D eigenvalue weighted by Crippen LogP contribution is -2.30. The summed E-state index contributed by atoms with van der Waals surface area (Å²) in [7, 11) is -4.78. The van der Waals surface area contributed by atoms with E-state index in [0.717, 1.165) is 128 Å². The van der Waals surface area contributed by atoms with Crippen LogP contribution in [0.3, 0.4) is 0 Å². The second-order valence-corrected chi connectivity index (χ2v) is 19.8. The molecule has 0 aromatic rings. The van der Waals surface area contributed by atoms with Gasteiger partial charge in [-0.3, -0.25) is 23.4 Å². The van der Waals surface area contributed by atoms with Crippen LogP contribution < -0.4 is 0 Å². The van der Waals surface area contributed by atoms with E-state index in [9.17, 15) is 28.9 Å². The number of phosphoric acid groups is 1. The van der Waals surface area contributed by atoms with Crippen LogP contribution in [-0.4, -0.2) is 66.5 Å². The minimum atomic E-state index is -4.78. The maximum absolute atomic E-state index is 12.9. The standard InChI is InChI=1S/C62H101O11P/c1-4-7-10-13-16-19-22-25-27-28-29-30-32-35-38-41-44-47-50-53-62(66)73-59(55-69-60(64)51-48-45-42-39-36-33-24-21-18-15-12-9-6-3)57-71-74(67,68)70-56-58(54-63)72-61(65)52-49-46-43-40-37-34-31-26-23-20-17-14-11-8-5-2/h7-8,10-11,16-17,19-21,24-27,29-31,35,37-38,40,58-59,63H,4-6,9,12-15,18,22-23,28,32-34,36,39,41-57H2,1-3H3,(H,67,68)/b10-7-,11-8-,19-16-,20-17-,24-21-,27-25-,30-29-,31-26-,38-35-,40-37-. The molecule has 0 bridgehead atoms. The molecule has 74 heavy (non-hydrogen) atoms. The number of esters is 3. The Kier molecular flexibility index (Phi) is 52.1. The summed E-state index contributed by atoms with van der Waals surface area (Å²) in [5.41, 5.74) is 0. The monoisotopic (exact) mass is 1050 g/mol. The molecule has 0 saturated carbocycles. The Morgan fingerprint density at radius 1 is 0.392 bits per heavy atom. The van der Waals surface area contributed by atoms with Crippen molar-refractivity contribution in [2.45, 2.75) is 226 Å². The number of unbranched alkanes of at least 4 members (excludes halogenated alkanes) is 14. The molecule has 0 aromatic carbocycles. The van der Waals surface area contributed by atoms with Crippen molar-refractivity contribution in [1.29, 1.82) is 0 Å². The number of ether oxygens (including phenoxy) is 3. The molecule has 11 nitrogen and oxygen atoms in total. The third kappa shape index (κ3) is 52.7. The first-order valence-electron chi connectivity index (χ1n) is 28.4. The predicted octanol–water partition coefficient (Wildman–Crippen LogP) is 16.8. The van der Waals surface area contributed by atoms with Gasteiger partial charge in [0.1, 0.15) is 12.7 Å². The number of allylic oxidation sites excluding steroid dienone is 20. The van der Waals surface area contributed by atoms with Gasteiger partial charge < -0.3 is 24.2 Å². The minimum absolute atomic E-state index is 0.116. The van der Waals surface area contributed by atoms with Crippen LogP contribution in [0, 0.1) is 0 Å². The van der Waals surface area contributed by atoms with Gasteiger partial charge in [-0.2, -0.15) is 0 Å². The van der Waals surface area contributed by atoms with Crippen LogP contribution >= 0.6 is 7.82 Å². The minimum Gasteiger partial charge on any atom is -0.462 e. The molecule has 3 unspecified atom stereocenters. The second-order valence-electron chi connectivity index (χ2n) is 18.3. The maximum atomic E-state index is 12.9. The average molecular weight is 1050 g/mol. The van der Waals surface area contributed by atoms with E-state index in [-0.39, 0.29) is 25.9 Å². The number of aliphatic hydroxyl groups is 1. The molecule has 420 valence electrons. The molecule has 0 aromatic heterocycles. The van der Waals surface area contributed by atoms with Crippen molar-refractivity contribution in [1.82, 2.24) is 0 Å². The lowest BCUT2D eigenvalue weighted by atomic mass is 10.1. The summed E-state index contributed by atoms with van der Waals surface area (Å²) in [4.78, 5) is 48.5. The summed E-state index contributed by atoms with van der Waals surface area (Å²) in [6.45, 7) is 4.28. The molecule has 0 aliphatic heterocycles. The topological polar surface area (TPSA) is 155 Å². The predicted molar refractivity (Wildman–Crippen MR) is 306 cm³/mol. The van der Waals surface area contributed by atoms with E-state index in [0.29, 0.717) is 19.3 Å². The van der Waals surface area contributed by atoms with Gasteiger partial charge in [-0.1, -0.05) is 187 Å². The lowest BCUT2D eigenvalue weighted by Gasteiger charge is -2.21. The Labute approximate surface area is 449 Å². The fourth-order valence-electron chi connectivity index (χ4n) is 7.07. The van der Waals surface area contributed by atoms with E-state index in [1.54, 1.807) is 0 Å². The van der Waals surface area contributed by atoms with Crippen LogP contribution in [0.5, 0.6) is 0 Å². The quantitative estimate of drug-likeness (QED) is 0.0197. The molecule has 0 spiro atoms. The van der Waals surface area contributed by atoms with E-state index in [4.69, 9.17) is 23.3 Å². The largest absolute Gasteiger partial charge is 0.472 e. The van der Waals surface area contributed by atoms with E-state index < -0.39 is 57.8 Å². The molecule has 0 heterocycles. The first-order valence-corrected chi connectivity index (χ1v) is 29.9. The van der Waals surface area contributed by atoms with Crippen molar-refractivity contribution in [2.24, 2.45) is 0 Å². The van der Waals surface area contributed by atoms with Crippen LogP contribution in [0.2, 0.25) is 0 Å². The number of carbonyl (C=O) groups is 3. The number of hydrogen-bond acceptors (Lipinski definition) is 10. The van der Waals surface area contributed by atoms with Gasteiger partial charge in [-0.15, -0.1) is 0 Å². The summed E-state index contributed by atoms with van der Waals surface area (Å²) in [6.07, 6.45) is 67.3. The molecule has 0 saturated heterocycles. The first-order chi connectivity index (χ1) is 36.2. The van der Waals surface area contributed by atoms with E-state index in [1.807, 2.05) is 0 Å². The van der Waals surface area contributed by atoms with Gasteiger partial charge in [0, 0.05) is 19.3 Å². The van der Waals surface area contributed by atoms with Gasteiger partial charge in [0.2, 0.25) is 0 Å². The molecular formula is C62H101O11P. The molecule has 0 aliphatic rings. The molecule has 12 heteroatoms. The van der Waals surface area contributed by atoms with Crippen molar-refractivity contribution in [3.8, 4) is 0 Å². The van der Waals surface area contributed by atoms with Gasteiger partial charge >= 0.3 is 25.7 Å². The Morgan fingerprint density at radius 2 is 0.703 bits per heavy atom. The van der Waals surface area contributed by atoms with Gasteiger partial charge in [-0.05, 0) is 128 Å². The third-order valence-corrected chi connectivity index (χ3v) is 12.3. The van der Waals surface area contributed by atoms with Crippen LogP contribution in [0.15, 0.2) is 122 Å². The Balaban J connectivity index is 4.85. The number of rotatable bonds is 51. The van der Waals surface area contributed by atoms with Gasteiger partial charge in [0.05, 0.1) is 19.8 Å². The van der Waals surface area contributed by atoms with Crippen LogP contribution in [0.4, 0.5) is 0 Å². The van der Waals surface area contributed by atoms with Gasteiger partial charge in [0.15, 0.2) is 6.10 Å². The van der Waals surface area contributed by atoms with Crippen LogP contribution in [0.25, 0.3) is 0 Å². The van der Waals surface area contributed by atoms with Crippen LogP contribution in [-0.2, 0) is 42.2 Å². The van der Waals surface area contributed by atoms with E-state index in [2.05, 4.69) is 142 Å². The molecule has 0 fully saturated rings. The third-order valence-electron chi connectivity index (χ3n) is 11.3. The number of hydrogen-bond donors (Lipinski definition) is 2. The summed E-state index contributed by atoms with van der Waals surface area (Å²) in [5.74, 6) is -1.57. The molecule has 0 rings (SSSR count). The van der Waals surface area contributed by atoms with Crippen molar-refractivity contribution in [3.05, 3.63) is 122 Å². The zero-order valence-corrected chi connectivity index (χ0v) is 47.2. The zero-order chi connectivity index (χ0) is 54.1. The Morgan fingerprint density at radius 3 is 1.14 bits per heavy atom. The molecule has 0 radical (unpaired) electrons. The average Bonchev–Trinajstić information content (AvgIpc) is 3.39. The van der Waals surface area contributed by atoms with Crippen molar-refractivity contribution in [3.63, 3.8) is 0 Å². The highest BCUT2D eigenvalue weighted by Crippen LogP contribution is 2.43. The van der Waals surface area contributed by atoms with Crippen molar-refractivity contribution < 1.29 is 52.2 Å². The number of phosphoric ester groups is 1. The van der Waals surface area contributed by atoms with Gasteiger partial charge in [-0.25, -0.2) is 4.57 Å². The lowest BCUT2D eigenvalue weighted by molar-refractivity contribution is -0.161. The normalized spacial score (nSPS) is 14.3. The van der Waals surface area contributed by atoms with Gasteiger partial charge in [0.25, 0.3) is 0 Å². The number of aliphatic hydroxyl groups excluding tert-OH is 1. The zero-order valence-electron chi connectivity index (χ0n) is 46.3. The SMILES string of the molecule is CC/C=C\C/C=C\C/C=C\C/C=C\C/C=C\CCCCCC(=O)OC(COC(=O)CCCCCCC/C=C\CCCCCC)COP(=O)(O)OCC(CO)OC(=O)CCCC/C=C\C/C=C\C/C=C\C/C=C\CC. The fourth-order valence-corrected chi connectivity index (χ4v) is 7.86. The molecule has 0 aliphatic carbocycles. The first kappa shape index (κ1) is 69.9. The summed E-state index contributed by atoms with van der Waals surface area (Å²) >= 11 is 0. The number of carbonyl (C=O) groups excluding carboxylic acids is 3.